The first-order valence-electron chi connectivity index (χ1n) is 10.3. The Labute approximate surface area is 190 Å². The zero-order valence-corrected chi connectivity index (χ0v) is 18.7. The second kappa shape index (κ2) is 9.28. The van der Waals surface area contributed by atoms with E-state index in [2.05, 4.69) is 0 Å². The summed E-state index contributed by atoms with van der Waals surface area (Å²) in [5.74, 6) is 0.877. The fourth-order valence-electron chi connectivity index (χ4n) is 3.97. The van der Waals surface area contributed by atoms with Crippen LogP contribution in [0.1, 0.15) is 38.4 Å². The molecular formula is C23H23NO5S2. The number of carboxylic acid groups (broad SMARTS) is 1. The second-order valence-electron chi connectivity index (χ2n) is 7.55. The van der Waals surface area contributed by atoms with Crippen molar-refractivity contribution in [3.8, 4) is 17.1 Å². The smallest absolute Gasteiger partial charge is 0.306 e. The van der Waals surface area contributed by atoms with Gasteiger partial charge in [0.25, 0.3) is 5.91 Å². The number of thiocarbonyl (C=S) groups is 1. The van der Waals surface area contributed by atoms with Crippen LogP contribution in [-0.2, 0) is 9.59 Å². The van der Waals surface area contributed by atoms with Crippen LogP contribution in [0.5, 0.6) is 5.75 Å². The van der Waals surface area contributed by atoms with Crippen LogP contribution in [0, 0.1) is 5.92 Å². The first kappa shape index (κ1) is 21.6. The van der Waals surface area contributed by atoms with Crippen LogP contribution >= 0.6 is 24.0 Å². The van der Waals surface area contributed by atoms with Gasteiger partial charge in [0.15, 0.2) is 0 Å². The Balaban J connectivity index is 1.45. The zero-order chi connectivity index (χ0) is 22.0. The lowest BCUT2D eigenvalue weighted by atomic mass is 9.85. The number of hydrogen-bond donors (Lipinski definition) is 1. The molecule has 0 unspecified atom stereocenters. The Morgan fingerprint density at radius 1 is 1.23 bits per heavy atom. The molecular weight excluding hydrogens is 434 g/mol. The lowest BCUT2D eigenvalue weighted by molar-refractivity contribution is -0.143. The molecule has 4 rings (SSSR count). The van der Waals surface area contributed by atoms with Gasteiger partial charge in [-0.25, -0.2) is 0 Å². The Hall–Kier alpha value is -2.58. The maximum atomic E-state index is 13.0. The highest BCUT2D eigenvalue weighted by atomic mass is 32.2. The predicted molar refractivity (Wildman–Crippen MR) is 124 cm³/mol. The van der Waals surface area contributed by atoms with E-state index in [9.17, 15) is 14.7 Å². The summed E-state index contributed by atoms with van der Waals surface area (Å²) in [6, 6.07) is 11.3. The molecule has 0 atom stereocenters. The molecule has 0 radical (unpaired) electrons. The molecule has 2 aromatic rings. The van der Waals surface area contributed by atoms with Crippen LogP contribution in [0.4, 0.5) is 0 Å². The first-order chi connectivity index (χ1) is 15.0. The number of amides is 1. The van der Waals surface area contributed by atoms with Crippen LogP contribution < -0.4 is 4.74 Å². The average molecular weight is 458 g/mol. The van der Waals surface area contributed by atoms with Gasteiger partial charge in [-0.15, -0.1) is 0 Å². The van der Waals surface area contributed by atoms with E-state index in [-0.39, 0.29) is 17.9 Å². The molecule has 8 heteroatoms. The van der Waals surface area contributed by atoms with E-state index in [1.54, 1.807) is 11.0 Å². The molecule has 1 aromatic heterocycles. The van der Waals surface area contributed by atoms with Gasteiger partial charge in [-0.2, -0.15) is 0 Å². The summed E-state index contributed by atoms with van der Waals surface area (Å²) in [5.41, 5.74) is 0.922. The minimum atomic E-state index is -0.759. The summed E-state index contributed by atoms with van der Waals surface area (Å²) in [4.78, 5) is 26.3. The molecule has 6 nitrogen and oxygen atoms in total. The van der Waals surface area contributed by atoms with E-state index in [4.69, 9.17) is 21.4 Å². The van der Waals surface area contributed by atoms with Gasteiger partial charge in [0, 0.05) is 17.7 Å². The number of carboxylic acids is 1. The normalized spacial score (nSPS) is 22.9. The molecule has 2 aliphatic rings. The molecule has 31 heavy (non-hydrogen) atoms. The molecule has 1 aliphatic carbocycles. The number of aliphatic carboxylic acids is 1. The molecule has 1 amide bonds. The van der Waals surface area contributed by atoms with Crippen LogP contribution in [0.15, 0.2) is 45.7 Å². The van der Waals surface area contributed by atoms with Gasteiger partial charge in [-0.3, -0.25) is 14.5 Å². The summed E-state index contributed by atoms with van der Waals surface area (Å²) in [6.45, 7) is 2.56. The van der Waals surface area contributed by atoms with E-state index in [0.717, 1.165) is 11.3 Å². The average Bonchev–Trinajstić information content (AvgIpc) is 3.33. The standard InChI is InChI=1S/C23H23NO5S2/c1-2-28-17-9-5-14(6-10-17)19-12-11-18(29-19)13-20-21(25)24(23(30)31-20)16-7-3-15(4-8-16)22(26)27/h5-6,9-13,15-16H,2-4,7-8H2,1H3,(H,26,27)/b20-13+. The van der Waals surface area contributed by atoms with Crippen molar-refractivity contribution in [2.24, 2.45) is 5.92 Å². The highest BCUT2D eigenvalue weighted by Gasteiger charge is 2.39. The van der Waals surface area contributed by atoms with Crippen LogP contribution in [0.25, 0.3) is 17.4 Å². The quantitative estimate of drug-likeness (QED) is 0.472. The number of rotatable bonds is 6. The van der Waals surface area contributed by atoms with Crippen molar-refractivity contribution in [3.63, 3.8) is 0 Å². The molecule has 1 N–H and O–H groups in total. The fraction of sp³-hybridized carbons (Fsp3) is 0.348. The third-order valence-electron chi connectivity index (χ3n) is 5.58. The van der Waals surface area contributed by atoms with Crippen molar-refractivity contribution in [2.45, 2.75) is 38.6 Å². The van der Waals surface area contributed by atoms with Crippen molar-refractivity contribution in [3.05, 3.63) is 47.1 Å². The number of furan rings is 1. The van der Waals surface area contributed by atoms with E-state index >= 15 is 0 Å². The number of carbonyl (C=O) groups excluding carboxylic acids is 1. The van der Waals surface area contributed by atoms with Crippen molar-refractivity contribution in [1.82, 2.24) is 4.90 Å². The molecule has 0 spiro atoms. The van der Waals surface area contributed by atoms with E-state index in [1.807, 2.05) is 43.3 Å². The van der Waals surface area contributed by atoms with Gasteiger partial charge >= 0.3 is 5.97 Å². The highest BCUT2D eigenvalue weighted by molar-refractivity contribution is 8.26. The molecule has 2 heterocycles. The fourth-order valence-corrected chi connectivity index (χ4v) is 5.35. The molecule has 2 fully saturated rings. The summed E-state index contributed by atoms with van der Waals surface area (Å²) < 4.78 is 11.9. The van der Waals surface area contributed by atoms with Crippen LogP contribution in [0.2, 0.25) is 0 Å². The van der Waals surface area contributed by atoms with Crippen molar-refractivity contribution in [1.29, 1.82) is 0 Å². The van der Waals surface area contributed by atoms with Gasteiger partial charge < -0.3 is 14.3 Å². The van der Waals surface area contributed by atoms with Crippen molar-refractivity contribution >= 4 is 46.3 Å². The number of thioether (sulfide) groups is 1. The summed E-state index contributed by atoms with van der Waals surface area (Å²) in [5, 5.41) is 9.19. The Bertz CT molecular complexity index is 1020. The predicted octanol–water partition coefficient (Wildman–Crippen LogP) is 5.19. The van der Waals surface area contributed by atoms with Crippen molar-refractivity contribution < 1.29 is 23.8 Å². The number of carbonyl (C=O) groups is 2. The van der Waals surface area contributed by atoms with Gasteiger partial charge in [0.05, 0.1) is 17.4 Å². The van der Waals surface area contributed by atoms with E-state index in [1.165, 1.54) is 11.8 Å². The maximum absolute atomic E-state index is 13.0. The van der Waals surface area contributed by atoms with Crippen molar-refractivity contribution in [2.75, 3.05) is 6.61 Å². The minimum absolute atomic E-state index is 0.0370. The highest BCUT2D eigenvalue weighted by Crippen LogP contribution is 2.38. The first-order valence-corrected chi connectivity index (χ1v) is 11.5. The lowest BCUT2D eigenvalue weighted by Crippen LogP contribution is -2.41. The van der Waals surface area contributed by atoms with Crippen LogP contribution in [-0.4, -0.2) is 38.9 Å². The topological polar surface area (TPSA) is 80.0 Å². The summed E-state index contributed by atoms with van der Waals surface area (Å²) in [7, 11) is 0. The molecule has 0 bridgehead atoms. The monoisotopic (exact) mass is 457 g/mol. The van der Waals surface area contributed by atoms with Crippen LogP contribution in [0.3, 0.4) is 0 Å². The minimum Gasteiger partial charge on any atom is -0.494 e. The molecule has 1 aromatic carbocycles. The number of benzene rings is 1. The maximum Gasteiger partial charge on any atom is 0.306 e. The number of nitrogens with zero attached hydrogens (tertiary/aromatic N) is 1. The largest absolute Gasteiger partial charge is 0.494 e. The van der Waals surface area contributed by atoms with E-state index < -0.39 is 5.97 Å². The number of ether oxygens (including phenoxy) is 1. The van der Waals surface area contributed by atoms with Gasteiger partial charge in [0.1, 0.15) is 21.6 Å². The Kier molecular flexibility index (Phi) is 6.48. The molecule has 1 saturated carbocycles. The SMILES string of the molecule is CCOc1ccc(-c2ccc(/C=C3/SC(=S)N(C4CCC(C(=O)O)CC4)C3=O)o2)cc1. The van der Waals surface area contributed by atoms with Gasteiger partial charge in [0.2, 0.25) is 0 Å². The molecule has 1 saturated heterocycles. The molecule has 1 aliphatic heterocycles. The summed E-state index contributed by atoms with van der Waals surface area (Å²) in [6.07, 6.45) is 4.17. The Morgan fingerprint density at radius 3 is 2.58 bits per heavy atom. The zero-order valence-electron chi connectivity index (χ0n) is 17.1. The Morgan fingerprint density at radius 2 is 1.94 bits per heavy atom. The second-order valence-corrected chi connectivity index (χ2v) is 9.23. The summed E-state index contributed by atoms with van der Waals surface area (Å²) >= 11 is 6.72. The third kappa shape index (κ3) is 4.70. The molecule has 162 valence electrons. The lowest BCUT2D eigenvalue weighted by Gasteiger charge is -2.32. The van der Waals surface area contributed by atoms with Gasteiger partial charge in [-0.1, -0.05) is 24.0 Å². The van der Waals surface area contributed by atoms with E-state index in [0.29, 0.717) is 53.0 Å². The third-order valence-corrected chi connectivity index (χ3v) is 6.92. The van der Waals surface area contributed by atoms with Gasteiger partial charge in [-0.05, 0) is 69.0 Å². The number of hydrogen-bond acceptors (Lipinski definition) is 6.